The number of nitrogens with one attached hydrogen (secondary N) is 2. The minimum Gasteiger partial charge on any atom is -0.452 e. The molecule has 2 heterocycles. The lowest BCUT2D eigenvalue weighted by Crippen LogP contribution is -2.41. The highest BCUT2D eigenvalue weighted by molar-refractivity contribution is 5.98. The van der Waals surface area contributed by atoms with Crippen LogP contribution in [0.4, 0.5) is 4.79 Å². The molecule has 3 amide bonds. The van der Waals surface area contributed by atoms with Gasteiger partial charge in [0.15, 0.2) is 6.61 Å². The molecule has 2 N–H and O–H groups in total. The molecular weight excluding hydrogens is 388 g/mol. The molecule has 2 aromatic rings. The van der Waals surface area contributed by atoms with Crippen LogP contribution >= 0.6 is 0 Å². The van der Waals surface area contributed by atoms with Crippen LogP contribution < -0.4 is 16.2 Å². The number of rotatable bonds is 5. The number of fused-ring (bicyclic) bond motifs is 2. The average molecular weight is 414 g/mol. The van der Waals surface area contributed by atoms with E-state index in [0.717, 1.165) is 44.3 Å². The molecule has 1 aromatic heterocycles. The maximum atomic E-state index is 12.8. The lowest BCUT2D eigenvalue weighted by molar-refractivity contribution is -0.123. The minimum atomic E-state index is -0.727. The van der Waals surface area contributed by atoms with Crippen LogP contribution in [-0.4, -0.2) is 40.6 Å². The Labute approximate surface area is 173 Å². The van der Waals surface area contributed by atoms with Crippen LogP contribution in [0, 0.1) is 0 Å². The van der Waals surface area contributed by atoms with E-state index in [-0.39, 0.29) is 11.1 Å². The van der Waals surface area contributed by atoms with E-state index in [2.05, 4.69) is 15.6 Å². The normalized spacial score (nSPS) is 13.6. The first kappa shape index (κ1) is 21.5. The van der Waals surface area contributed by atoms with Crippen molar-refractivity contribution in [3.05, 3.63) is 39.9 Å². The maximum Gasteiger partial charge on any atom is 0.338 e. The molecule has 0 saturated carbocycles. The molecule has 0 fully saturated rings. The predicted octanol–water partition coefficient (Wildman–Crippen LogP) is 1.91. The highest BCUT2D eigenvalue weighted by Gasteiger charge is 2.16. The van der Waals surface area contributed by atoms with Crippen molar-refractivity contribution in [2.75, 3.05) is 13.2 Å². The van der Waals surface area contributed by atoms with Crippen molar-refractivity contribution < 1.29 is 19.1 Å². The molecule has 9 heteroatoms. The number of aromatic nitrogens is 2. The monoisotopic (exact) mass is 414 g/mol. The van der Waals surface area contributed by atoms with Gasteiger partial charge in [-0.15, -0.1) is 0 Å². The van der Waals surface area contributed by atoms with Crippen molar-refractivity contribution in [2.45, 2.75) is 52.0 Å². The molecule has 0 saturated heterocycles. The van der Waals surface area contributed by atoms with E-state index in [4.69, 9.17) is 4.74 Å². The number of esters is 1. The van der Waals surface area contributed by atoms with Crippen molar-refractivity contribution in [2.24, 2.45) is 0 Å². The van der Waals surface area contributed by atoms with Crippen molar-refractivity contribution >= 4 is 28.8 Å². The fourth-order valence-electron chi connectivity index (χ4n) is 3.38. The Kier molecular flexibility index (Phi) is 7.16. The predicted molar refractivity (Wildman–Crippen MR) is 110 cm³/mol. The van der Waals surface area contributed by atoms with Crippen molar-refractivity contribution in [3.8, 4) is 0 Å². The Morgan fingerprint density at radius 1 is 1.17 bits per heavy atom. The molecule has 9 nitrogen and oxygen atoms in total. The third kappa shape index (κ3) is 5.22. The summed E-state index contributed by atoms with van der Waals surface area (Å²) in [4.78, 5) is 52.9. The Morgan fingerprint density at radius 3 is 2.77 bits per heavy atom. The smallest absolute Gasteiger partial charge is 0.338 e. The number of imide groups is 1. The average Bonchev–Trinajstić information content (AvgIpc) is 2.71. The van der Waals surface area contributed by atoms with E-state index in [1.807, 2.05) is 6.92 Å². The molecule has 0 radical (unpaired) electrons. The third-order valence-electron chi connectivity index (χ3n) is 4.93. The molecule has 160 valence electrons. The number of nitrogens with zero attached hydrogens (tertiary/aromatic N) is 2. The number of carbonyl (C=O) groups is 3. The van der Waals surface area contributed by atoms with Gasteiger partial charge in [0.2, 0.25) is 0 Å². The van der Waals surface area contributed by atoms with E-state index < -0.39 is 24.5 Å². The van der Waals surface area contributed by atoms with Crippen LogP contribution in [0.5, 0.6) is 0 Å². The lowest BCUT2D eigenvalue weighted by atomic mass is 10.1. The summed E-state index contributed by atoms with van der Waals surface area (Å²) < 4.78 is 6.71. The van der Waals surface area contributed by atoms with Gasteiger partial charge in [-0.25, -0.2) is 14.6 Å². The highest BCUT2D eigenvalue weighted by Crippen LogP contribution is 2.16. The second kappa shape index (κ2) is 10.00. The topological polar surface area (TPSA) is 119 Å². The van der Waals surface area contributed by atoms with Crippen LogP contribution in [0.15, 0.2) is 23.0 Å². The van der Waals surface area contributed by atoms with Gasteiger partial charge in [0, 0.05) is 19.5 Å². The summed E-state index contributed by atoms with van der Waals surface area (Å²) in [7, 11) is 0. The Balaban J connectivity index is 1.71. The molecular formula is C21H26N4O5. The van der Waals surface area contributed by atoms with E-state index in [1.54, 1.807) is 10.6 Å². The summed E-state index contributed by atoms with van der Waals surface area (Å²) in [5.74, 6) is -0.722. The number of amides is 3. The van der Waals surface area contributed by atoms with E-state index in [1.165, 1.54) is 12.1 Å². The van der Waals surface area contributed by atoms with Crippen LogP contribution in [0.3, 0.4) is 0 Å². The molecule has 0 aliphatic carbocycles. The lowest BCUT2D eigenvalue weighted by Gasteiger charge is -2.16. The van der Waals surface area contributed by atoms with Crippen molar-refractivity contribution in [1.29, 1.82) is 0 Å². The van der Waals surface area contributed by atoms with E-state index in [0.29, 0.717) is 24.0 Å². The second-order valence-electron chi connectivity index (χ2n) is 7.26. The van der Waals surface area contributed by atoms with E-state index in [9.17, 15) is 19.2 Å². The van der Waals surface area contributed by atoms with Gasteiger partial charge in [0.05, 0.1) is 16.5 Å². The van der Waals surface area contributed by atoms with Crippen molar-refractivity contribution in [1.82, 2.24) is 20.2 Å². The van der Waals surface area contributed by atoms with Gasteiger partial charge >= 0.3 is 12.0 Å². The van der Waals surface area contributed by atoms with Crippen LogP contribution in [-0.2, 0) is 22.5 Å². The SMILES string of the molecule is CCCNC(=O)NC(=O)COC(=O)c1ccc2c(=O)n3c(nc2c1)CCCCCC3. The van der Waals surface area contributed by atoms with Gasteiger partial charge in [-0.1, -0.05) is 19.8 Å². The number of aryl methyl sites for hydroxylation is 1. The summed E-state index contributed by atoms with van der Waals surface area (Å²) in [5.41, 5.74) is 0.521. The maximum absolute atomic E-state index is 12.8. The summed E-state index contributed by atoms with van der Waals surface area (Å²) in [5, 5.41) is 5.02. The third-order valence-corrected chi connectivity index (χ3v) is 4.93. The van der Waals surface area contributed by atoms with Gasteiger partial charge in [0.25, 0.3) is 11.5 Å². The van der Waals surface area contributed by atoms with Crippen molar-refractivity contribution in [3.63, 3.8) is 0 Å². The number of hydrogen-bond acceptors (Lipinski definition) is 6. The molecule has 1 aliphatic rings. The number of urea groups is 1. The fourth-order valence-corrected chi connectivity index (χ4v) is 3.38. The molecule has 30 heavy (non-hydrogen) atoms. The Bertz CT molecular complexity index is 1010. The molecule has 1 aromatic carbocycles. The molecule has 0 bridgehead atoms. The van der Waals surface area contributed by atoms with Gasteiger partial charge in [0.1, 0.15) is 5.82 Å². The second-order valence-corrected chi connectivity index (χ2v) is 7.26. The minimum absolute atomic E-state index is 0.103. The highest BCUT2D eigenvalue weighted by atomic mass is 16.5. The first-order valence-electron chi connectivity index (χ1n) is 10.3. The Hall–Kier alpha value is -3.23. The molecule has 1 aliphatic heterocycles. The molecule has 0 atom stereocenters. The quantitative estimate of drug-likeness (QED) is 0.721. The number of hydrogen-bond donors (Lipinski definition) is 2. The van der Waals surface area contributed by atoms with E-state index >= 15 is 0 Å². The first-order valence-corrected chi connectivity index (χ1v) is 10.3. The Morgan fingerprint density at radius 2 is 1.97 bits per heavy atom. The summed E-state index contributed by atoms with van der Waals surface area (Å²) in [6.07, 6.45) is 5.59. The molecule has 0 unspecified atom stereocenters. The fraction of sp³-hybridized carbons (Fsp3) is 0.476. The summed E-state index contributed by atoms with van der Waals surface area (Å²) in [6.45, 7) is 2.39. The van der Waals surface area contributed by atoms with Crippen LogP contribution in [0.2, 0.25) is 0 Å². The largest absolute Gasteiger partial charge is 0.452 e. The van der Waals surface area contributed by atoms with Crippen LogP contribution in [0.25, 0.3) is 10.9 Å². The summed E-state index contributed by atoms with van der Waals surface area (Å²) >= 11 is 0. The standard InChI is InChI=1S/C21H26N4O5/c1-2-10-22-21(29)24-18(26)13-30-20(28)14-8-9-15-16(12-14)23-17-7-5-3-4-6-11-25(17)19(15)27/h8-9,12H,2-7,10-11,13H2,1H3,(H2,22,24,26,29). The molecule has 3 rings (SSSR count). The van der Waals surface area contributed by atoms with Gasteiger partial charge < -0.3 is 10.1 Å². The summed E-state index contributed by atoms with van der Waals surface area (Å²) in [6, 6.07) is 3.91. The zero-order chi connectivity index (χ0) is 21.5. The number of ether oxygens (including phenoxy) is 1. The molecule has 0 spiro atoms. The number of benzene rings is 1. The van der Waals surface area contributed by atoms with Gasteiger partial charge in [-0.2, -0.15) is 0 Å². The number of carbonyl (C=O) groups excluding carboxylic acids is 3. The first-order chi connectivity index (χ1) is 14.5. The zero-order valence-corrected chi connectivity index (χ0v) is 17.0. The van der Waals surface area contributed by atoms with Gasteiger partial charge in [-0.3, -0.25) is 19.5 Å². The van der Waals surface area contributed by atoms with Gasteiger partial charge in [-0.05, 0) is 37.5 Å². The zero-order valence-electron chi connectivity index (χ0n) is 17.0. The van der Waals surface area contributed by atoms with Crippen LogP contribution in [0.1, 0.15) is 55.2 Å².